The Bertz CT molecular complexity index is 700. The van der Waals surface area contributed by atoms with Crippen molar-refractivity contribution >= 4 is 6.21 Å². The molecule has 0 saturated heterocycles. The Morgan fingerprint density at radius 1 is 0.714 bits per heavy atom. The number of hydrogen-bond donors (Lipinski definition) is 1. The summed E-state index contributed by atoms with van der Waals surface area (Å²) in [6, 6.07) is 19.2. The van der Waals surface area contributed by atoms with Crippen molar-refractivity contribution in [3.63, 3.8) is 0 Å². The van der Waals surface area contributed by atoms with Crippen molar-refractivity contribution in [3.05, 3.63) is 66.5 Å². The van der Waals surface area contributed by atoms with E-state index in [1.807, 2.05) is 60.7 Å². The molecule has 1 N–H and O–H groups in total. The van der Waals surface area contributed by atoms with Crippen LogP contribution in [-0.4, -0.2) is 26.4 Å². The molecule has 102 valence electrons. The molecule has 1 aromatic heterocycles. The standard InChI is InChI=1S/C16H12N4O/c21-17-11-14-18-15(12-7-3-1-4-8-12)20-16(19-14)13-9-5-2-6-10-13/h1-11,21H/b17-11+. The van der Waals surface area contributed by atoms with Gasteiger partial charge in [-0.15, -0.1) is 0 Å². The summed E-state index contributed by atoms with van der Waals surface area (Å²) in [5.74, 6) is 1.39. The van der Waals surface area contributed by atoms with Crippen LogP contribution >= 0.6 is 0 Å². The molecular formula is C16H12N4O. The van der Waals surface area contributed by atoms with Gasteiger partial charge in [-0.3, -0.25) is 0 Å². The van der Waals surface area contributed by atoms with E-state index >= 15 is 0 Å². The van der Waals surface area contributed by atoms with Crippen molar-refractivity contribution in [3.8, 4) is 22.8 Å². The summed E-state index contributed by atoms with van der Waals surface area (Å²) < 4.78 is 0. The lowest BCUT2D eigenvalue weighted by Gasteiger charge is -2.05. The highest BCUT2D eigenvalue weighted by atomic mass is 16.4. The van der Waals surface area contributed by atoms with Crippen molar-refractivity contribution in [2.75, 3.05) is 0 Å². The molecule has 0 aliphatic heterocycles. The van der Waals surface area contributed by atoms with E-state index in [4.69, 9.17) is 5.21 Å². The molecule has 0 bridgehead atoms. The first-order chi connectivity index (χ1) is 10.4. The Labute approximate surface area is 121 Å². The molecule has 0 aliphatic carbocycles. The van der Waals surface area contributed by atoms with Gasteiger partial charge in [0.25, 0.3) is 0 Å². The van der Waals surface area contributed by atoms with Crippen LogP contribution in [-0.2, 0) is 0 Å². The molecular weight excluding hydrogens is 264 g/mol. The molecule has 0 unspecified atom stereocenters. The van der Waals surface area contributed by atoms with Gasteiger partial charge in [-0.1, -0.05) is 65.8 Å². The number of nitrogens with zero attached hydrogens (tertiary/aromatic N) is 4. The van der Waals surface area contributed by atoms with Gasteiger partial charge in [0.1, 0.15) is 6.21 Å². The van der Waals surface area contributed by atoms with Crippen LogP contribution in [0.15, 0.2) is 65.8 Å². The molecule has 5 nitrogen and oxygen atoms in total. The van der Waals surface area contributed by atoms with Crippen LogP contribution < -0.4 is 0 Å². The zero-order chi connectivity index (χ0) is 14.5. The molecule has 21 heavy (non-hydrogen) atoms. The van der Waals surface area contributed by atoms with Crippen molar-refractivity contribution < 1.29 is 5.21 Å². The molecule has 0 spiro atoms. The topological polar surface area (TPSA) is 71.3 Å². The van der Waals surface area contributed by atoms with Crippen LogP contribution in [0.4, 0.5) is 0 Å². The van der Waals surface area contributed by atoms with Crippen molar-refractivity contribution in [2.45, 2.75) is 0 Å². The summed E-state index contributed by atoms with van der Waals surface area (Å²) >= 11 is 0. The average Bonchev–Trinajstić information content (AvgIpc) is 2.56. The number of rotatable bonds is 3. The first kappa shape index (κ1) is 12.9. The average molecular weight is 276 g/mol. The summed E-state index contributed by atoms with van der Waals surface area (Å²) in [6.45, 7) is 0. The lowest BCUT2D eigenvalue weighted by atomic mass is 10.2. The van der Waals surface area contributed by atoms with E-state index in [0.717, 1.165) is 11.1 Å². The zero-order valence-electron chi connectivity index (χ0n) is 11.1. The van der Waals surface area contributed by atoms with E-state index in [0.29, 0.717) is 17.5 Å². The van der Waals surface area contributed by atoms with Gasteiger partial charge < -0.3 is 5.21 Å². The molecule has 5 heteroatoms. The highest BCUT2D eigenvalue weighted by molar-refractivity contribution is 5.76. The van der Waals surface area contributed by atoms with Crippen molar-refractivity contribution in [1.29, 1.82) is 0 Å². The van der Waals surface area contributed by atoms with Gasteiger partial charge in [0.15, 0.2) is 17.5 Å². The summed E-state index contributed by atoms with van der Waals surface area (Å²) in [5, 5.41) is 11.7. The fraction of sp³-hybridized carbons (Fsp3) is 0. The largest absolute Gasteiger partial charge is 0.411 e. The normalized spacial score (nSPS) is 10.9. The third kappa shape index (κ3) is 2.92. The SMILES string of the molecule is O/N=C/c1nc(-c2ccccc2)nc(-c2ccccc2)n1. The van der Waals surface area contributed by atoms with Gasteiger partial charge in [-0.05, 0) is 0 Å². The highest BCUT2D eigenvalue weighted by Crippen LogP contribution is 2.19. The van der Waals surface area contributed by atoms with Crippen LogP contribution in [0.3, 0.4) is 0 Å². The summed E-state index contributed by atoms with van der Waals surface area (Å²) in [4.78, 5) is 13.1. The molecule has 3 aromatic rings. The van der Waals surface area contributed by atoms with Gasteiger partial charge in [-0.25, -0.2) is 15.0 Å². The van der Waals surface area contributed by atoms with Gasteiger partial charge >= 0.3 is 0 Å². The Morgan fingerprint density at radius 3 is 1.62 bits per heavy atom. The van der Waals surface area contributed by atoms with Crippen molar-refractivity contribution in [2.24, 2.45) is 5.16 Å². The number of hydrogen-bond acceptors (Lipinski definition) is 5. The first-order valence-corrected chi connectivity index (χ1v) is 6.41. The second-order valence-corrected chi connectivity index (χ2v) is 4.32. The van der Waals surface area contributed by atoms with E-state index in [1.54, 1.807) is 0 Å². The smallest absolute Gasteiger partial charge is 0.178 e. The van der Waals surface area contributed by atoms with Crippen LogP contribution in [0.1, 0.15) is 5.82 Å². The minimum absolute atomic E-state index is 0.310. The molecule has 0 saturated carbocycles. The van der Waals surface area contributed by atoms with Gasteiger partial charge in [-0.2, -0.15) is 0 Å². The van der Waals surface area contributed by atoms with Crippen LogP contribution in [0.5, 0.6) is 0 Å². The van der Waals surface area contributed by atoms with Crippen LogP contribution in [0, 0.1) is 0 Å². The summed E-state index contributed by atoms with van der Waals surface area (Å²) in [6.07, 6.45) is 1.19. The third-order valence-electron chi connectivity index (χ3n) is 2.89. The Kier molecular flexibility index (Phi) is 3.64. The van der Waals surface area contributed by atoms with E-state index < -0.39 is 0 Å². The fourth-order valence-corrected chi connectivity index (χ4v) is 1.93. The monoisotopic (exact) mass is 276 g/mol. The van der Waals surface area contributed by atoms with Gasteiger partial charge in [0.05, 0.1) is 0 Å². The highest BCUT2D eigenvalue weighted by Gasteiger charge is 2.08. The van der Waals surface area contributed by atoms with Crippen LogP contribution in [0.2, 0.25) is 0 Å². The minimum Gasteiger partial charge on any atom is -0.411 e. The third-order valence-corrected chi connectivity index (χ3v) is 2.89. The summed E-state index contributed by atoms with van der Waals surface area (Å²) in [7, 11) is 0. The predicted molar refractivity (Wildman–Crippen MR) is 80.1 cm³/mol. The lowest BCUT2D eigenvalue weighted by Crippen LogP contribution is -2.02. The predicted octanol–water partition coefficient (Wildman–Crippen LogP) is 3.01. The lowest BCUT2D eigenvalue weighted by molar-refractivity contribution is 0.321. The maximum absolute atomic E-state index is 8.71. The van der Waals surface area contributed by atoms with E-state index in [-0.39, 0.29) is 0 Å². The molecule has 0 amide bonds. The van der Waals surface area contributed by atoms with E-state index in [1.165, 1.54) is 6.21 Å². The second kappa shape index (κ2) is 5.92. The number of oxime groups is 1. The maximum Gasteiger partial charge on any atom is 0.178 e. The van der Waals surface area contributed by atoms with Gasteiger partial charge in [0, 0.05) is 11.1 Å². The molecule has 0 aliphatic rings. The van der Waals surface area contributed by atoms with E-state index in [9.17, 15) is 0 Å². The molecule has 0 atom stereocenters. The Balaban J connectivity index is 2.15. The van der Waals surface area contributed by atoms with E-state index in [2.05, 4.69) is 20.1 Å². The quantitative estimate of drug-likeness (QED) is 0.453. The first-order valence-electron chi connectivity index (χ1n) is 6.41. The zero-order valence-corrected chi connectivity index (χ0v) is 11.1. The fourth-order valence-electron chi connectivity index (χ4n) is 1.93. The molecule has 1 heterocycles. The van der Waals surface area contributed by atoms with Crippen molar-refractivity contribution in [1.82, 2.24) is 15.0 Å². The number of aromatic nitrogens is 3. The minimum atomic E-state index is 0.310. The molecule has 0 fully saturated rings. The van der Waals surface area contributed by atoms with Crippen LogP contribution in [0.25, 0.3) is 22.8 Å². The second-order valence-electron chi connectivity index (χ2n) is 4.32. The Morgan fingerprint density at radius 2 is 1.19 bits per heavy atom. The number of benzene rings is 2. The Hall–Kier alpha value is -3.08. The maximum atomic E-state index is 8.71. The molecule has 2 aromatic carbocycles. The molecule has 0 radical (unpaired) electrons. The molecule has 3 rings (SSSR count). The summed E-state index contributed by atoms with van der Waals surface area (Å²) in [5.41, 5.74) is 1.76. The van der Waals surface area contributed by atoms with Gasteiger partial charge in [0.2, 0.25) is 0 Å².